The van der Waals surface area contributed by atoms with Crippen molar-refractivity contribution in [3.8, 4) is 0 Å². The molecule has 1 aliphatic rings. The zero-order valence-corrected chi connectivity index (χ0v) is 11.9. The molecule has 2 rings (SSSR count). The topological polar surface area (TPSA) is 113 Å². The number of ketones is 1. The quantitative estimate of drug-likeness (QED) is 0.721. The summed E-state index contributed by atoms with van der Waals surface area (Å²) < 4.78 is 0. The van der Waals surface area contributed by atoms with E-state index in [-0.39, 0.29) is 18.1 Å². The number of nitrogen functional groups attached to an aromatic ring is 1. The molecule has 0 aliphatic carbocycles. The van der Waals surface area contributed by atoms with E-state index < -0.39 is 5.97 Å². The summed E-state index contributed by atoms with van der Waals surface area (Å²) in [5.41, 5.74) is 6.85. The zero-order valence-electron chi connectivity index (χ0n) is 11.9. The molecule has 0 unspecified atom stereocenters. The molecular formula is C13H19N5O3. The highest BCUT2D eigenvalue weighted by molar-refractivity contribution is 5.95. The normalized spacial score (nSPS) is 16.0. The Kier molecular flexibility index (Phi) is 4.69. The number of anilines is 2. The van der Waals surface area contributed by atoms with Gasteiger partial charge in [-0.15, -0.1) is 10.2 Å². The van der Waals surface area contributed by atoms with E-state index in [1.54, 1.807) is 13.0 Å². The minimum Gasteiger partial charge on any atom is -0.480 e. The second-order valence-electron chi connectivity index (χ2n) is 4.93. The van der Waals surface area contributed by atoms with Crippen LogP contribution >= 0.6 is 0 Å². The Morgan fingerprint density at radius 2 is 1.95 bits per heavy atom. The lowest BCUT2D eigenvalue weighted by Crippen LogP contribution is -2.48. The van der Waals surface area contributed by atoms with Gasteiger partial charge >= 0.3 is 5.97 Å². The van der Waals surface area contributed by atoms with Crippen molar-refractivity contribution in [2.24, 2.45) is 0 Å². The number of carboxylic acid groups (broad SMARTS) is 1. The third-order valence-corrected chi connectivity index (χ3v) is 3.48. The second kappa shape index (κ2) is 6.49. The van der Waals surface area contributed by atoms with E-state index in [9.17, 15) is 9.59 Å². The highest BCUT2D eigenvalue weighted by atomic mass is 16.4. The summed E-state index contributed by atoms with van der Waals surface area (Å²) in [4.78, 5) is 26.3. The molecule has 1 fully saturated rings. The van der Waals surface area contributed by atoms with Crippen molar-refractivity contribution in [3.05, 3.63) is 11.8 Å². The van der Waals surface area contributed by atoms with E-state index in [0.29, 0.717) is 44.0 Å². The number of aromatic nitrogens is 2. The predicted octanol–water partition coefficient (Wildman–Crippen LogP) is -0.142. The number of carbonyl (C=O) groups excluding carboxylic acids is 1. The number of hydrogen-bond acceptors (Lipinski definition) is 7. The third-order valence-electron chi connectivity index (χ3n) is 3.48. The number of carboxylic acids is 1. The molecule has 21 heavy (non-hydrogen) atoms. The van der Waals surface area contributed by atoms with Gasteiger partial charge < -0.3 is 15.7 Å². The maximum atomic E-state index is 11.7. The lowest BCUT2D eigenvalue weighted by atomic mass is 10.2. The number of rotatable bonds is 5. The van der Waals surface area contributed by atoms with Crippen molar-refractivity contribution in [1.29, 1.82) is 0 Å². The van der Waals surface area contributed by atoms with Crippen LogP contribution in [-0.4, -0.2) is 64.7 Å². The number of aliphatic carboxylic acids is 1. The molecule has 0 amide bonds. The number of nitrogens with zero attached hydrogens (tertiary/aromatic N) is 4. The highest BCUT2D eigenvalue weighted by Crippen LogP contribution is 2.23. The molecule has 114 valence electrons. The van der Waals surface area contributed by atoms with Crippen LogP contribution in [0.2, 0.25) is 0 Å². The fourth-order valence-electron chi connectivity index (χ4n) is 2.30. The van der Waals surface area contributed by atoms with Gasteiger partial charge in [-0.25, -0.2) is 0 Å². The summed E-state index contributed by atoms with van der Waals surface area (Å²) in [7, 11) is 0. The molecule has 8 heteroatoms. The highest BCUT2D eigenvalue weighted by Gasteiger charge is 2.22. The fourth-order valence-corrected chi connectivity index (χ4v) is 2.30. The molecule has 0 saturated carbocycles. The van der Waals surface area contributed by atoms with Crippen LogP contribution in [0.3, 0.4) is 0 Å². The Balaban J connectivity index is 2.09. The molecule has 2 heterocycles. The second-order valence-corrected chi connectivity index (χ2v) is 4.93. The first kappa shape index (κ1) is 15.2. The van der Waals surface area contributed by atoms with Gasteiger partial charge in [0.05, 0.1) is 12.2 Å². The molecule has 0 aromatic carbocycles. The summed E-state index contributed by atoms with van der Waals surface area (Å²) in [6.45, 7) is 4.35. The minimum atomic E-state index is -0.829. The molecule has 3 N–H and O–H groups in total. The van der Waals surface area contributed by atoms with Crippen LogP contribution in [0.25, 0.3) is 0 Å². The molecule has 8 nitrogen and oxygen atoms in total. The first-order valence-electron chi connectivity index (χ1n) is 6.86. The van der Waals surface area contributed by atoms with E-state index in [0.717, 1.165) is 0 Å². The van der Waals surface area contributed by atoms with Gasteiger partial charge in [0, 0.05) is 32.6 Å². The van der Waals surface area contributed by atoms with Gasteiger partial charge in [-0.3, -0.25) is 14.5 Å². The molecular weight excluding hydrogens is 274 g/mol. The standard InChI is InChI=1S/C13H19N5O3/c1-2-11(19)9-7-10(13(14)16-15-9)18-5-3-17(4-6-18)8-12(20)21/h7H,2-6,8H2,1H3,(H2,14,16)(H,20,21). The van der Waals surface area contributed by atoms with Crippen LogP contribution in [0, 0.1) is 0 Å². The molecule has 0 spiro atoms. The van der Waals surface area contributed by atoms with Crippen molar-refractivity contribution in [2.75, 3.05) is 43.4 Å². The Labute approximate surface area is 122 Å². The van der Waals surface area contributed by atoms with E-state index in [1.165, 1.54) is 0 Å². The third kappa shape index (κ3) is 3.66. The van der Waals surface area contributed by atoms with Gasteiger partial charge in [0.2, 0.25) is 0 Å². The summed E-state index contributed by atoms with van der Waals surface area (Å²) in [5, 5.41) is 16.5. The number of nitrogens with two attached hydrogens (primary N) is 1. The van der Waals surface area contributed by atoms with Crippen molar-refractivity contribution in [3.63, 3.8) is 0 Å². The SMILES string of the molecule is CCC(=O)c1cc(N2CCN(CC(=O)O)CC2)c(N)nn1. The van der Waals surface area contributed by atoms with Gasteiger partial charge in [-0.1, -0.05) is 6.92 Å². The van der Waals surface area contributed by atoms with Crippen LogP contribution < -0.4 is 10.6 Å². The molecule has 0 atom stereocenters. The number of piperazine rings is 1. The maximum Gasteiger partial charge on any atom is 0.317 e. The van der Waals surface area contributed by atoms with E-state index >= 15 is 0 Å². The van der Waals surface area contributed by atoms with Crippen LogP contribution in [0.4, 0.5) is 11.5 Å². The van der Waals surface area contributed by atoms with Gasteiger partial charge in [-0.2, -0.15) is 0 Å². The summed E-state index contributed by atoms with van der Waals surface area (Å²) in [6.07, 6.45) is 0.366. The van der Waals surface area contributed by atoms with Crippen molar-refractivity contribution in [2.45, 2.75) is 13.3 Å². The lowest BCUT2D eigenvalue weighted by molar-refractivity contribution is -0.138. The molecule has 0 radical (unpaired) electrons. The molecule has 1 aromatic rings. The first-order chi connectivity index (χ1) is 10.0. The summed E-state index contributed by atoms with van der Waals surface area (Å²) >= 11 is 0. The smallest absolute Gasteiger partial charge is 0.317 e. The Bertz CT molecular complexity index is 541. The zero-order chi connectivity index (χ0) is 15.4. The van der Waals surface area contributed by atoms with Crippen molar-refractivity contribution < 1.29 is 14.7 Å². The number of carbonyl (C=O) groups is 2. The monoisotopic (exact) mass is 293 g/mol. The number of hydrogen-bond donors (Lipinski definition) is 2. The van der Waals surface area contributed by atoms with Crippen LogP contribution in [0.5, 0.6) is 0 Å². The van der Waals surface area contributed by atoms with E-state index in [2.05, 4.69) is 10.2 Å². The Morgan fingerprint density at radius 3 is 2.52 bits per heavy atom. The number of Topliss-reactive ketones (excluding diaryl/α,β-unsaturated/α-hetero) is 1. The summed E-state index contributed by atoms with van der Waals surface area (Å²) in [6, 6.07) is 1.67. The minimum absolute atomic E-state index is 0.0392. The van der Waals surface area contributed by atoms with Crippen molar-refractivity contribution in [1.82, 2.24) is 15.1 Å². The molecule has 0 bridgehead atoms. The predicted molar refractivity (Wildman–Crippen MR) is 77.4 cm³/mol. The maximum absolute atomic E-state index is 11.7. The Morgan fingerprint density at radius 1 is 1.29 bits per heavy atom. The Hall–Kier alpha value is -2.22. The van der Waals surface area contributed by atoms with Crippen LogP contribution in [0.1, 0.15) is 23.8 Å². The largest absolute Gasteiger partial charge is 0.480 e. The lowest BCUT2D eigenvalue weighted by Gasteiger charge is -2.35. The van der Waals surface area contributed by atoms with E-state index in [1.807, 2.05) is 9.80 Å². The molecule has 1 saturated heterocycles. The van der Waals surface area contributed by atoms with E-state index in [4.69, 9.17) is 10.8 Å². The molecule has 1 aliphatic heterocycles. The van der Waals surface area contributed by atoms with Gasteiger partial charge in [0.15, 0.2) is 11.6 Å². The van der Waals surface area contributed by atoms with Crippen LogP contribution in [0.15, 0.2) is 6.07 Å². The van der Waals surface area contributed by atoms with Gasteiger partial charge in [0.25, 0.3) is 0 Å². The van der Waals surface area contributed by atoms with Crippen molar-refractivity contribution >= 4 is 23.3 Å². The van der Waals surface area contributed by atoms with Crippen LogP contribution in [-0.2, 0) is 4.79 Å². The van der Waals surface area contributed by atoms with Gasteiger partial charge in [-0.05, 0) is 6.07 Å². The average Bonchev–Trinajstić information content (AvgIpc) is 2.47. The average molecular weight is 293 g/mol. The fraction of sp³-hybridized carbons (Fsp3) is 0.538. The summed E-state index contributed by atoms with van der Waals surface area (Å²) in [5.74, 6) is -0.619. The van der Waals surface area contributed by atoms with Gasteiger partial charge in [0.1, 0.15) is 5.69 Å². The molecule has 1 aromatic heterocycles. The first-order valence-corrected chi connectivity index (χ1v) is 6.86.